The number of aromatic nitrogens is 2. The molecule has 0 fully saturated rings. The van der Waals surface area contributed by atoms with Gasteiger partial charge >= 0.3 is 0 Å². The van der Waals surface area contributed by atoms with Crippen molar-refractivity contribution in [1.82, 2.24) is 15.3 Å². The van der Waals surface area contributed by atoms with E-state index in [-0.39, 0.29) is 0 Å². The van der Waals surface area contributed by atoms with Crippen LogP contribution in [0.4, 0.5) is 0 Å². The minimum absolute atomic E-state index is 0.320. The molecule has 0 aliphatic rings. The number of aliphatic hydroxyl groups excluding tert-OH is 1. The molecule has 0 radical (unpaired) electrons. The predicted octanol–water partition coefficient (Wildman–Crippen LogP) is 1.36. The standard InChI is InChI=1S/C11H21N3O/c1-10-13-9-11(14-10)8-12-6-4-2-3-5-7-15/h9,12,15H,2-8H2,1H3,(H,13,14). The number of nitrogens with zero attached hydrogens (tertiary/aromatic N) is 1. The zero-order valence-electron chi connectivity index (χ0n) is 9.42. The number of imidazole rings is 1. The van der Waals surface area contributed by atoms with E-state index in [1.165, 1.54) is 12.8 Å². The van der Waals surface area contributed by atoms with Crippen molar-refractivity contribution in [2.45, 2.75) is 39.2 Å². The van der Waals surface area contributed by atoms with Gasteiger partial charge in [-0.15, -0.1) is 0 Å². The van der Waals surface area contributed by atoms with Crippen LogP contribution >= 0.6 is 0 Å². The first-order valence-electron chi connectivity index (χ1n) is 5.65. The summed E-state index contributed by atoms with van der Waals surface area (Å²) in [5, 5.41) is 12.0. The van der Waals surface area contributed by atoms with Gasteiger partial charge in [-0.3, -0.25) is 0 Å². The Bertz CT molecular complexity index is 260. The number of hydrogen-bond acceptors (Lipinski definition) is 3. The lowest BCUT2D eigenvalue weighted by Crippen LogP contribution is -2.14. The predicted molar refractivity (Wildman–Crippen MR) is 60.6 cm³/mol. The minimum Gasteiger partial charge on any atom is -0.396 e. The Labute approximate surface area is 91.1 Å². The van der Waals surface area contributed by atoms with E-state index in [1.54, 1.807) is 0 Å². The average molecular weight is 211 g/mol. The maximum Gasteiger partial charge on any atom is 0.103 e. The fourth-order valence-corrected chi connectivity index (χ4v) is 1.50. The second-order valence-electron chi connectivity index (χ2n) is 3.81. The third-order valence-electron chi connectivity index (χ3n) is 2.33. The van der Waals surface area contributed by atoms with E-state index >= 15 is 0 Å². The second-order valence-corrected chi connectivity index (χ2v) is 3.81. The van der Waals surface area contributed by atoms with Crippen LogP contribution in [0.15, 0.2) is 6.20 Å². The topological polar surface area (TPSA) is 60.9 Å². The number of aryl methyl sites for hydroxylation is 1. The Morgan fingerprint density at radius 2 is 2.13 bits per heavy atom. The molecule has 1 aromatic heterocycles. The van der Waals surface area contributed by atoms with Crippen molar-refractivity contribution in [3.05, 3.63) is 17.7 Å². The molecule has 0 saturated heterocycles. The fraction of sp³-hybridized carbons (Fsp3) is 0.727. The highest BCUT2D eigenvalue weighted by atomic mass is 16.2. The highest BCUT2D eigenvalue weighted by molar-refractivity contribution is 4.98. The maximum atomic E-state index is 8.59. The van der Waals surface area contributed by atoms with E-state index in [9.17, 15) is 0 Å². The molecule has 0 bridgehead atoms. The molecule has 3 N–H and O–H groups in total. The SMILES string of the molecule is Cc1ncc(CNCCCCCCO)[nH]1. The summed E-state index contributed by atoms with van der Waals surface area (Å²) in [6.45, 7) is 4.17. The van der Waals surface area contributed by atoms with Crippen molar-refractivity contribution < 1.29 is 5.11 Å². The minimum atomic E-state index is 0.320. The molecule has 0 aromatic carbocycles. The lowest BCUT2D eigenvalue weighted by molar-refractivity contribution is 0.282. The first-order chi connectivity index (χ1) is 7.33. The number of H-pyrrole nitrogens is 1. The van der Waals surface area contributed by atoms with E-state index in [4.69, 9.17) is 5.11 Å². The highest BCUT2D eigenvalue weighted by Gasteiger charge is 1.95. The monoisotopic (exact) mass is 211 g/mol. The van der Waals surface area contributed by atoms with Gasteiger partial charge in [-0.2, -0.15) is 0 Å². The lowest BCUT2D eigenvalue weighted by atomic mass is 10.2. The molecule has 0 aliphatic carbocycles. The van der Waals surface area contributed by atoms with Crippen LogP contribution < -0.4 is 5.32 Å². The maximum absolute atomic E-state index is 8.59. The molecule has 0 unspecified atom stereocenters. The normalized spacial score (nSPS) is 10.8. The summed E-state index contributed by atoms with van der Waals surface area (Å²) in [4.78, 5) is 7.31. The van der Waals surface area contributed by atoms with Crippen LogP contribution in [0.3, 0.4) is 0 Å². The Kier molecular flexibility index (Phi) is 6.04. The molecule has 1 heterocycles. The van der Waals surface area contributed by atoms with Crippen molar-refractivity contribution >= 4 is 0 Å². The summed E-state index contributed by atoms with van der Waals surface area (Å²) in [6.07, 6.45) is 6.29. The Hall–Kier alpha value is -0.870. The van der Waals surface area contributed by atoms with E-state index < -0.39 is 0 Å². The first-order valence-corrected chi connectivity index (χ1v) is 5.65. The summed E-state index contributed by atoms with van der Waals surface area (Å²) >= 11 is 0. The number of nitrogens with one attached hydrogen (secondary N) is 2. The van der Waals surface area contributed by atoms with Crippen LogP contribution in [-0.4, -0.2) is 28.2 Å². The quantitative estimate of drug-likeness (QED) is 0.569. The molecule has 15 heavy (non-hydrogen) atoms. The molecular weight excluding hydrogens is 190 g/mol. The summed E-state index contributed by atoms with van der Waals surface area (Å²) in [5.74, 6) is 0.967. The van der Waals surface area contributed by atoms with Crippen molar-refractivity contribution in [3.8, 4) is 0 Å². The number of rotatable bonds is 8. The summed E-state index contributed by atoms with van der Waals surface area (Å²) < 4.78 is 0. The van der Waals surface area contributed by atoms with Crippen molar-refractivity contribution in [1.29, 1.82) is 0 Å². The molecule has 0 amide bonds. The van der Waals surface area contributed by atoms with Gasteiger partial charge in [0.25, 0.3) is 0 Å². The first kappa shape index (κ1) is 12.2. The second kappa shape index (κ2) is 7.43. The van der Waals surface area contributed by atoms with Gasteiger partial charge in [0.15, 0.2) is 0 Å². The third kappa shape index (κ3) is 5.54. The van der Waals surface area contributed by atoms with Gasteiger partial charge in [0.05, 0.1) is 0 Å². The Balaban J connectivity index is 1.93. The summed E-state index contributed by atoms with van der Waals surface area (Å²) in [7, 11) is 0. The molecule has 86 valence electrons. The van der Waals surface area contributed by atoms with Crippen LogP contribution in [-0.2, 0) is 6.54 Å². The van der Waals surface area contributed by atoms with Crippen LogP contribution in [0.2, 0.25) is 0 Å². The highest BCUT2D eigenvalue weighted by Crippen LogP contribution is 1.98. The van der Waals surface area contributed by atoms with Crippen LogP contribution in [0.25, 0.3) is 0 Å². The molecule has 1 aromatic rings. The number of aliphatic hydroxyl groups is 1. The number of unbranched alkanes of at least 4 members (excludes halogenated alkanes) is 3. The number of aromatic amines is 1. The Morgan fingerprint density at radius 3 is 2.80 bits per heavy atom. The van der Waals surface area contributed by atoms with Gasteiger partial charge in [-0.1, -0.05) is 12.8 Å². The summed E-state index contributed by atoms with van der Waals surface area (Å²) in [6, 6.07) is 0. The molecule has 0 atom stereocenters. The molecule has 4 heteroatoms. The summed E-state index contributed by atoms with van der Waals surface area (Å²) in [5.41, 5.74) is 1.14. The van der Waals surface area contributed by atoms with Crippen LogP contribution in [0.5, 0.6) is 0 Å². The lowest BCUT2D eigenvalue weighted by Gasteiger charge is -2.02. The molecule has 0 spiro atoms. The molecule has 0 saturated carbocycles. The Morgan fingerprint density at radius 1 is 1.33 bits per heavy atom. The van der Waals surface area contributed by atoms with E-state index in [1.807, 2.05) is 13.1 Å². The molecule has 0 aliphatic heterocycles. The van der Waals surface area contributed by atoms with Crippen LogP contribution in [0.1, 0.15) is 37.2 Å². The van der Waals surface area contributed by atoms with Crippen molar-refractivity contribution in [3.63, 3.8) is 0 Å². The molecule has 4 nitrogen and oxygen atoms in total. The van der Waals surface area contributed by atoms with Crippen molar-refractivity contribution in [2.75, 3.05) is 13.2 Å². The fourth-order valence-electron chi connectivity index (χ4n) is 1.50. The van der Waals surface area contributed by atoms with Gasteiger partial charge in [-0.05, 0) is 26.3 Å². The van der Waals surface area contributed by atoms with Crippen LogP contribution in [0, 0.1) is 6.92 Å². The van der Waals surface area contributed by atoms with E-state index in [0.717, 1.165) is 37.4 Å². The molecular formula is C11H21N3O. The zero-order chi connectivity index (χ0) is 10.9. The zero-order valence-corrected chi connectivity index (χ0v) is 9.42. The van der Waals surface area contributed by atoms with Gasteiger partial charge in [0, 0.05) is 25.0 Å². The molecule has 1 rings (SSSR count). The average Bonchev–Trinajstić information content (AvgIpc) is 2.63. The van der Waals surface area contributed by atoms with E-state index in [2.05, 4.69) is 15.3 Å². The largest absolute Gasteiger partial charge is 0.396 e. The number of hydrogen-bond donors (Lipinski definition) is 3. The van der Waals surface area contributed by atoms with Gasteiger partial charge in [0.2, 0.25) is 0 Å². The van der Waals surface area contributed by atoms with Gasteiger partial charge < -0.3 is 15.4 Å². The smallest absolute Gasteiger partial charge is 0.103 e. The van der Waals surface area contributed by atoms with Gasteiger partial charge in [-0.25, -0.2) is 4.98 Å². The van der Waals surface area contributed by atoms with E-state index in [0.29, 0.717) is 6.61 Å². The third-order valence-corrected chi connectivity index (χ3v) is 2.33. The van der Waals surface area contributed by atoms with Crippen molar-refractivity contribution in [2.24, 2.45) is 0 Å². The van der Waals surface area contributed by atoms with Gasteiger partial charge in [0.1, 0.15) is 5.82 Å².